The van der Waals surface area contributed by atoms with Gasteiger partial charge in [-0.3, -0.25) is 4.99 Å². The smallest absolute Gasteiger partial charge is 0.341 e. The lowest BCUT2D eigenvalue weighted by Gasteiger charge is -2.13. The lowest BCUT2D eigenvalue weighted by molar-refractivity contribution is -0.135. The Morgan fingerprint density at radius 3 is 2.63 bits per heavy atom. The number of allylic oxidation sites excluding steroid dienone is 2. The molecule has 0 aliphatic heterocycles. The molecule has 0 atom stereocenters. The maximum Gasteiger partial charge on any atom is 0.341 e. The Bertz CT molecular complexity index is 1110. The molecule has 5 heteroatoms. The van der Waals surface area contributed by atoms with Gasteiger partial charge in [0.25, 0.3) is 0 Å². The van der Waals surface area contributed by atoms with E-state index in [9.17, 15) is 4.79 Å². The molecule has 1 N–H and O–H groups in total. The van der Waals surface area contributed by atoms with Gasteiger partial charge in [0.1, 0.15) is 11.4 Å². The summed E-state index contributed by atoms with van der Waals surface area (Å²) in [5, 5.41) is 4.36. The summed E-state index contributed by atoms with van der Waals surface area (Å²) in [5.74, 6) is -0.00712. The fraction of sp³-hybridized carbons (Fsp3) is 0.200. The third-order valence-electron chi connectivity index (χ3n) is 4.92. The van der Waals surface area contributed by atoms with E-state index in [-0.39, 0.29) is 0 Å². The van der Waals surface area contributed by atoms with Crippen LogP contribution in [-0.4, -0.2) is 30.5 Å². The van der Waals surface area contributed by atoms with E-state index in [2.05, 4.69) is 51.9 Å². The van der Waals surface area contributed by atoms with Crippen LogP contribution in [0.15, 0.2) is 89.6 Å². The summed E-state index contributed by atoms with van der Waals surface area (Å²) in [4.78, 5) is 16.6. The van der Waals surface area contributed by atoms with Gasteiger partial charge in [-0.25, -0.2) is 4.79 Å². The number of methoxy groups -OCH3 is 1. The maximum absolute atomic E-state index is 12.3. The number of nitrogens with zero attached hydrogens (tertiary/aromatic N) is 2. The highest BCUT2D eigenvalue weighted by Crippen LogP contribution is 2.22. The molecule has 0 aliphatic carbocycles. The van der Waals surface area contributed by atoms with Crippen molar-refractivity contribution in [2.24, 2.45) is 4.99 Å². The minimum atomic E-state index is -0.451. The summed E-state index contributed by atoms with van der Waals surface area (Å²) in [6.07, 6.45) is 4.54. The van der Waals surface area contributed by atoms with Gasteiger partial charge in [0.2, 0.25) is 0 Å². The molecule has 3 aromatic rings. The molecule has 0 bridgehead atoms. The first kappa shape index (κ1) is 21.1. The second-order valence-electron chi connectivity index (χ2n) is 6.96. The number of aliphatic imine (C=N–C) groups is 1. The van der Waals surface area contributed by atoms with E-state index in [0.29, 0.717) is 11.4 Å². The predicted molar refractivity (Wildman–Crippen MR) is 124 cm³/mol. The van der Waals surface area contributed by atoms with E-state index in [4.69, 9.17) is 4.74 Å². The Morgan fingerprint density at radius 1 is 1.20 bits per heavy atom. The van der Waals surface area contributed by atoms with Gasteiger partial charge in [-0.05, 0) is 42.3 Å². The van der Waals surface area contributed by atoms with E-state index in [0.717, 1.165) is 35.1 Å². The zero-order valence-corrected chi connectivity index (χ0v) is 17.7. The Balaban J connectivity index is 1.86. The molecule has 1 aromatic heterocycles. The average molecular weight is 402 g/mol. The first-order valence-electron chi connectivity index (χ1n) is 9.90. The molecular formula is C25H27N3O2. The Morgan fingerprint density at radius 2 is 1.97 bits per heavy atom. The van der Waals surface area contributed by atoms with E-state index in [1.807, 2.05) is 37.3 Å². The molecule has 3 rings (SSSR count). The number of aromatic nitrogens is 1. The van der Waals surface area contributed by atoms with E-state index >= 15 is 0 Å². The zero-order chi connectivity index (χ0) is 21.5. The maximum atomic E-state index is 12.3. The number of carbonyl (C=O) groups excluding carboxylic acids is 1. The van der Waals surface area contributed by atoms with Crippen LogP contribution in [0.25, 0.3) is 10.9 Å². The van der Waals surface area contributed by atoms with Crippen molar-refractivity contribution < 1.29 is 9.53 Å². The van der Waals surface area contributed by atoms with Crippen LogP contribution in [0.5, 0.6) is 0 Å². The monoisotopic (exact) mass is 401 g/mol. The minimum Gasteiger partial charge on any atom is -0.465 e. The molecular weight excluding hydrogens is 374 g/mol. The molecule has 0 radical (unpaired) electrons. The number of nitrogens with one attached hydrogen (secondary N) is 1. The van der Waals surface area contributed by atoms with Crippen molar-refractivity contribution in [3.8, 4) is 0 Å². The number of anilines is 1. The summed E-state index contributed by atoms with van der Waals surface area (Å²) in [7, 11) is 3.00. The minimum absolute atomic E-state index is 0.355. The SMILES string of the molecule is C=C(/C=C(/C(=O)OC)C(=NC)Nc1ccc2c(ccn2Cc2ccccc2)c1)CC. The van der Waals surface area contributed by atoms with Crippen LogP contribution in [0.4, 0.5) is 5.69 Å². The molecule has 0 aliphatic rings. The molecule has 0 spiro atoms. The summed E-state index contributed by atoms with van der Waals surface area (Å²) in [6, 6.07) is 18.6. The number of fused-ring (bicyclic) bond motifs is 1. The van der Waals surface area contributed by atoms with Crippen LogP contribution >= 0.6 is 0 Å². The largest absolute Gasteiger partial charge is 0.465 e. The summed E-state index contributed by atoms with van der Waals surface area (Å²) in [6.45, 7) is 6.76. The highest BCUT2D eigenvalue weighted by atomic mass is 16.5. The molecule has 0 amide bonds. The second-order valence-corrected chi connectivity index (χ2v) is 6.96. The van der Waals surface area contributed by atoms with Crippen LogP contribution in [0, 0.1) is 0 Å². The van der Waals surface area contributed by atoms with Crippen molar-refractivity contribution in [1.29, 1.82) is 0 Å². The fourth-order valence-electron chi connectivity index (χ4n) is 3.22. The van der Waals surface area contributed by atoms with Crippen molar-refractivity contribution in [3.63, 3.8) is 0 Å². The lowest BCUT2D eigenvalue weighted by atomic mass is 10.1. The number of amidine groups is 1. The van der Waals surface area contributed by atoms with Crippen LogP contribution in [0.1, 0.15) is 18.9 Å². The second kappa shape index (κ2) is 9.74. The van der Waals surface area contributed by atoms with Crippen molar-refractivity contribution in [3.05, 3.63) is 90.2 Å². The predicted octanol–water partition coefficient (Wildman–Crippen LogP) is 5.20. The third kappa shape index (κ3) is 4.87. The third-order valence-corrected chi connectivity index (χ3v) is 4.92. The van der Waals surface area contributed by atoms with Crippen molar-refractivity contribution in [1.82, 2.24) is 4.57 Å². The Kier molecular flexibility index (Phi) is 6.86. The number of rotatable bonds is 7. The van der Waals surface area contributed by atoms with Gasteiger partial charge in [0.15, 0.2) is 0 Å². The van der Waals surface area contributed by atoms with Crippen LogP contribution in [0.3, 0.4) is 0 Å². The summed E-state index contributed by atoms with van der Waals surface area (Å²) < 4.78 is 7.15. The number of hydrogen-bond acceptors (Lipinski definition) is 3. The van der Waals surface area contributed by atoms with Crippen LogP contribution < -0.4 is 5.32 Å². The Hall–Kier alpha value is -3.60. The summed E-state index contributed by atoms with van der Waals surface area (Å²) >= 11 is 0. The fourth-order valence-corrected chi connectivity index (χ4v) is 3.22. The highest BCUT2D eigenvalue weighted by molar-refractivity contribution is 6.24. The molecule has 154 valence electrons. The summed E-state index contributed by atoms with van der Waals surface area (Å²) in [5.41, 5.74) is 4.42. The van der Waals surface area contributed by atoms with Gasteiger partial charge >= 0.3 is 5.97 Å². The number of esters is 1. The molecule has 30 heavy (non-hydrogen) atoms. The molecule has 1 heterocycles. The van der Waals surface area contributed by atoms with Gasteiger partial charge < -0.3 is 14.6 Å². The van der Waals surface area contributed by atoms with Gasteiger partial charge in [-0.15, -0.1) is 0 Å². The van der Waals surface area contributed by atoms with Crippen LogP contribution in [-0.2, 0) is 16.1 Å². The normalized spacial score (nSPS) is 12.1. The lowest BCUT2D eigenvalue weighted by Crippen LogP contribution is -2.22. The molecule has 0 saturated carbocycles. The molecule has 5 nitrogen and oxygen atoms in total. The van der Waals surface area contributed by atoms with Crippen molar-refractivity contribution in [2.45, 2.75) is 19.9 Å². The quantitative estimate of drug-likeness (QED) is 0.195. The number of benzene rings is 2. The topological polar surface area (TPSA) is 55.6 Å². The van der Waals surface area contributed by atoms with Crippen molar-refractivity contribution >= 4 is 28.4 Å². The average Bonchev–Trinajstić information content (AvgIpc) is 3.17. The zero-order valence-electron chi connectivity index (χ0n) is 17.7. The first-order valence-corrected chi connectivity index (χ1v) is 9.90. The molecule has 0 fully saturated rings. The molecule has 0 saturated heterocycles. The Labute approximate surface area is 177 Å². The van der Waals surface area contributed by atoms with E-state index in [1.54, 1.807) is 13.1 Å². The van der Waals surface area contributed by atoms with E-state index < -0.39 is 5.97 Å². The van der Waals surface area contributed by atoms with Gasteiger partial charge in [-0.2, -0.15) is 0 Å². The molecule has 0 unspecified atom stereocenters. The highest BCUT2D eigenvalue weighted by Gasteiger charge is 2.17. The van der Waals surface area contributed by atoms with Gasteiger partial charge in [0.05, 0.1) is 7.11 Å². The number of carbonyl (C=O) groups is 1. The van der Waals surface area contributed by atoms with Gasteiger partial charge in [-0.1, -0.05) is 49.4 Å². The molecule has 2 aromatic carbocycles. The van der Waals surface area contributed by atoms with E-state index in [1.165, 1.54) is 12.7 Å². The number of ether oxygens (including phenoxy) is 1. The number of hydrogen-bond donors (Lipinski definition) is 1. The first-order chi connectivity index (χ1) is 14.5. The standard InChI is InChI=1S/C25H27N3O2/c1-5-18(2)15-22(25(29)30-4)24(26-3)27-21-11-12-23-20(16-21)13-14-28(23)17-19-9-7-6-8-10-19/h6-16H,2,5,17H2,1,3-4H3,(H,26,27)/b22-15+. The van der Waals surface area contributed by atoms with Gasteiger partial charge in [0, 0.05) is 36.4 Å². The van der Waals surface area contributed by atoms with Crippen LogP contribution in [0.2, 0.25) is 0 Å². The van der Waals surface area contributed by atoms with Crippen molar-refractivity contribution in [2.75, 3.05) is 19.5 Å².